The van der Waals surface area contributed by atoms with Crippen LogP contribution in [0.25, 0.3) is 15.9 Å². The molecule has 0 bridgehead atoms. The lowest BCUT2D eigenvalue weighted by atomic mass is 10.2. The van der Waals surface area contributed by atoms with Gasteiger partial charge in [0.2, 0.25) is 0 Å². The van der Waals surface area contributed by atoms with Crippen LogP contribution in [-0.4, -0.2) is 20.3 Å². The van der Waals surface area contributed by atoms with Gasteiger partial charge in [-0.15, -0.1) is 0 Å². The summed E-state index contributed by atoms with van der Waals surface area (Å²) >= 11 is 7.17. The molecule has 0 aliphatic rings. The Morgan fingerprint density at radius 3 is 2.96 bits per heavy atom. The molecule has 5 nitrogen and oxygen atoms in total. The molecule has 0 spiro atoms. The van der Waals surface area contributed by atoms with Crippen molar-refractivity contribution >= 4 is 49.7 Å². The molecule has 120 valence electrons. The molecule has 0 fully saturated rings. The van der Waals surface area contributed by atoms with E-state index in [0.717, 1.165) is 10.2 Å². The minimum absolute atomic E-state index is 0.199. The Morgan fingerprint density at radius 1 is 1.29 bits per heavy atom. The molecule has 1 N–H and O–H groups in total. The van der Waals surface area contributed by atoms with Gasteiger partial charge in [-0.3, -0.25) is 4.79 Å². The van der Waals surface area contributed by atoms with Crippen LogP contribution >= 0.6 is 22.9 Å². The molecule has 0 aromatic carbocycles. The van der Waals surface area contributed by atoms with E-state index in [2.05, 4.69) is 15.3 Å². The molecule has 0 aliphatic carbocycles. The van der Waals surface area contributed by atoms with Crippen LogP contribution in [0.2, 0.25) is 5.15 Å². The first kappa shape index (κ1) is 15.0. The van der Waals surface area contributed by atoms with Crippen molar-refractivity contribution in [2.75, 3.05) is 5.32 Å². The van der Waals surface area contributed by atoms with E-state index in [1.165, 1.54) is 21.8 Å². The molecule has 1 amide bonds. The van der Waals surface area contributed by atoms with Crippen LogP contribution in [0.4, 0.5) is 9.39 Å². The summed E-state index contributed by atoms with van der Waals surface area (Å²) in [6.07, 6.45) is 3.22. The molecule has 24 heavy (non-hydrogen) atoms. The molecule has 0 saturated carbocycles. The number of halogens is 2. The molecular formula is C16H10ClFN4OS. The van der Waals surface area contributed by atoms with Crippen molar-refractivity contribution in [2.45, 2.75) is 6.92 Å². The minimum atomic E-state index is -0.541. The van der Waals surface area contributed by atoms with Gasteiger partial charge in [0.25, 0.3) is 5.91 Å². The molecule has 0 saturated heterocycles. The zero-order valence-electron chi connectivity index (χ0n) is 12.4. The fourth-order valence-corrected chi connectivity index (χ4v) is 3.57. The lowest BCUT2D eigenvalue weighted by molar-refractivity contribution is 0.102. The van der Waals surface area contributed by atoms with E-state index in [-0.39, 0.29) is 11.2 Å². The van der Waals surface area contributed by atoms with E-state index in [0.29, 0.717) is 15.8 Å². The van der Waals surface area contributed by atoms with Crippen molar-refractivity contribution in [1.29, 1.82) is 0 Å². The monoisotopic (exact) mass is 360 g/mol. The summed E-state index contributed by atoms with van der Waals surface area (Å²) in [4.78, 5) is 21.4. The number of anilines is 1. The van der Waals surface area contributed by atoms with Crippen molar-refractivity contribution < 1.29 is 9.18 Å². The normalized spacial score (nSPS) is 11.3. The van der Waals surface area contributed by atoms with Crippen molar-refractivity contribution in [1.82, 2.24) is 14.4 Å². The Bertz CT molecular complexity index is 1100. The quantitative estimate of drug-likeness (QED) is 0.542. The number of fused-ring (bicyclic) bond motifs is 2. The van der Waals surface area contributed by atoms with E-state index in [4.69, 9.17) is 11.6 Å². The predicted octanol–water partition coefficient (Wildman–Crippen LogP) is 4.30. The zero-order valence-corrected chi connectivity index (χ0v) is 14.0. The van der Waals surface area contributed by atoms with Crippen LogP contribution in [0, 0.1) is 12.7 Å². The largest absolute Gasteiger partial charge is 0.313 e. The summed E-state index contributed by atoms with van der Waals surface area (Å²) in [5, 5.41) is 4.65. The molecule has 4 aromatic heterocycles. The van der Waals surface area contributed by atoms with Gasteiger partial charge in [0.05, 0.1) is 16.3 Å². The maximum absolute atomic E-state index is 14.1. The molecule has 4 aromatic rings. The number of aromatic nitrogens is 3. The Balaban J connectivity index is 1.67. The lowest BCUT2D eigenvalue weighted by Crippen LogP contribution is -2.12. The first-order chi connectivity index (χ1) is 11.5. The molecule has 8 heteroatoms. The summed E-state index contributed by atoms with van der Waals surface area (Å²) in [5.74, 6) is -0.944. The van der Waals surface area contributed by atoms with Crippen LogP contribution in [0.15, 0.2) is 36.7 Å². The summed E-state index contributed by atoms with van der Waals surface area (Å²) in [5.41, 5.74) is 1.09. The van der Waals surface area contributed by atoms with Crippen molar-refractivity contribution in [3.63, 3.8) is 0 Å². The highest BCUT2D eigenvalue weighted by Gasteiger charge is 2.14. The Labute approximate surface area is 144 Å². The van der Waals surface area contributed by atoms with Crippen LogP contribution < -0.4 is 5.32 Å². The molecule has 4 heterocycles. The second-order valence-corrected chi connectivity index (χ2v) is 6.70. The number of rotatable bonds is 2. The first-order valence-corrected chi connectivity index (χ1v) is 8.21. The van der Waals surface area contributed by atoms with Gasteiger partial charge in [0, 0.05) is 17.8 Å². The summed E-state index contributed by atoms with van der Waals surface area (Å²) in [6, 6.07) is 6.50. The SMILES string of the molecule is Cc1cn2cc(C(=O)Nc3cc4ccc(Cl)nc4s3)cc(F)c2n1. The second-order valence-electron chi connectivity index (χ2n) is 5.28. The Hall–Kier alpha value is -2.51. The van der Waals surface area contributed by atoms with Crippen LogP contribution in [0.1, 0.15) is 16.1 Å². The topological polar surface area (TPSA) is 59.3 Å². The highest BCUT2D eigenvalue weighted by molar-refractivity contribution is 7.22. The number of imidazole rings is 1. The number of nitrogens with zero attached hydrogens (tertiary/aromatic N) is 3. The fraction of sp³-hybridized carbons (Fsp3) is 0.0625. The standard InChI is InChI=1S/C16H10ClFN4OS/c1-8-6-22-7-10(4-11(18)14(22)19-8)15(23)21-13-5-9-2-3-12(17)20-16(9)24-13/h2-7H,1H3,(H,21,23). The van der Waals surface area contributed by atoms with Gasteiger partial charge in [0.15, 0.2) is 11.5 Å². The van der Waals surface area contributed by atoms with E-state index >= 15 is 0 Å². The number of amides is 1. The predicted molar refractivity (Wildman–Crippen MR) is 92.5 cm³/mol. The van der Waals surface area contributed by atoms with Crippen molar-refractivity contribution in [3.05, 3.63) is 58.9 Å². The Morgan fingerprint density at radius 2 is 2.12 bits per heavy atom. The van der Waals surface area contributed by atoms with E-state index in [1.54, 1.807) is 31.5 Å². The maximum atomic E-state index is 14.1. The number of aryl methyl sites for hydroxylation is 1. The molecule has 0 radical (unpaired) electrons. The number of thiophene rings is 1. The lowest BCUT2D eigenvalue weighted by Gasteiger charge is -2.04. The number of carbonyl (C=O) groups excluding carboxylic acids is 1. The maximum Gasteiger partial charge on any atom is 0.257 e. The first-order valence-electron chi connectivity index (χ1n) is 7.02. The highest BCUT2D eigenvalue weighted by Crippen LogP contribution is 2.29. The summed E-state index contributed by atoms with van der Waals surface area (Å²) in [7, 11) is 0. The van der Waals surface area contributed by atoms with Crippen LogP contribution in [0.5, 0.6) is 0 Å². The smallest absolute Gasteiger partial charge is 0.257 e. The van der Waals surface area contributed by atoms with Gasteiger partial charge >= 0.3 is 0 Å². The third-order valence-corrected chi connectivity index (χ3v) is 4.65. The average Bonchev–Trinajstić information content (AvgIpc) is 3.09. The Kier molecular flexibility index (Phi) is 3.47. The third-order valence-electron chi connectivity index (χ3n) is 3.47. The number of nitrogens with one attached hydrogen (secondary N) is 1. The second kappa shape index (κ2) is 5.54. The van der Waals surface area contributed by atoms with Gasteiger partial charge in [0.1, 0.15) is 9.98 Å². The van der Waals surface area contributed by atoms with Gasteiger partial charge in [-0.05, 0) is 31.2 Å². The van der Waals surface area contributed by atoms with Crippen LogP contribution in [-0.2, 0) is 0 Å². The third kappa shape index (κ3) is 2.61. The van der Waals surface area contributed by atoms with Gasteiger partial charge in [-0.1, -0.05) is 22.9 Å². The zero-order chi connectivity index (χ0) is 16.8. The van der Waals surface area contributed by atoms with E-state index < -0.39 is 11.7 Å². The van der Waals surface area contributed by atoms with Gasteiger partial charge in [-0.2, -0.15) is 0 Å². The number of hydrogen-bond acceptors (Lipinski definition) is 4. The summed E-state index contributed by atoms with van der Waals surface area (Å²) < 4.78 is 15.6. The highest BCUT2D eigenvalue weighted by atomic mass is 35.5. The van der Waals surface area contributed by atoms with E-state index in [1.807, 2.05) is 6.07 Å². The molecule has 0 aliphatic heterocycles. The van der Waals surface area contributed by atoms with Crippen LogP contribution in [0.3, 0.4) is 0 Å². The number of pyridine rings is 2. The van der Waals surface area contributed by atoms with Crippen molar-refractivity contribution in [3.8, 4) is 0 Å². The van der Waals surface area contributed by atoms with E-state index in [9.17, 15) is 9.18 Å². The molecule has 0 unspecified atom stereocenters. The van der Waals surface area contributed by atoms with Gasteiger partial charge in [-0.25, -0.2) is 14.4 Å². The van der Waals surface area contributed by atoms with Gasteiger partial charge < -0.3 is 9.72 Å². The van der Waals surface area contributed by atoms with Crippen molar-refractivity contribution in [2.24, 2.45) is 0 Å². The number of carbonyl (C=O) groups is 1. The number of hydrogen-bond donors (Lipinski definition) is 1. The fourth-order valence-electron chi connectivity index (χ4n) is 2.44. The minimum Gasteiger partial charge on any atom is -0.313 e. The molecular weight excluding hydrogens is 351 g/mol. The molecule has 4 rings (SSSR count). The summed E-state index contributed by atoms with van der Waals surface area (Å²) in [6.45, 7) is 1.77. The molecule has 0 atom stereocenters. The average molecular weight is 361 g/mol.